The van der Waals surface area contributed by atoms with E-state index in [1.807, 2.05) is 6.92 Å². The van der Waals surface area contributed by atoms with Crippen molar-refractivity contribution < 1.29 is 0 Å². The van der Waals surface area contributed by atoms with Crippen LogP contribution in [0, 0.1) is 12.8 Å². The van der Waals surface area contributed by atoms with Crippen LogP contribution in [0.4, 0.5) is 5.69 Å². The van der Waals surface area contributed by atoms with Gasteiger partial charge < -0.3 is 10.2 Å². The Bertz CT molecular complexity index is 940. The summed E-state index contributed by atoms with van der Waals surface area (Å²) >= 11 is 0. The predicted molar refractivity (Wildman–Crippen MR) is 137 cm³/mol. The van der Waals surface area contributed by atoms with Crippen LogP contribution in [0.2, 0.25) is 0 Å². The van der Waals surface area contributed by atoms with Crippen molar-refractivity contribution in [1.29, 1.82) is 0 Å². The molecule has 3 atom stereocenters. The molecule has 0 saturated carbocycles. The zero-order valence-electron chi connectivity index (χ0n) is 20.4. The Hall–Kier alpha value is -2.32. The number of likely N-dealkylation sites (N-methyl/N-ethyl adjacent to an activating group) is 1. The topological polar surface area (TPSA) is 15.3 Å². The van der Waals surface area contributed by atoms with Crippen LogP contribution in [0.1, 0.15) is 62.8 Å². The lowest BCUT2D eigenvalue weighted by Crippen LogP contribution is -2.52. The average molecular weight is 417 g/mol. The van der Waals surface area contributed by atoms with Crippen LogP contribution >= 0.6 is 0 Å². The number of aryl methyl sites for hydroxylation is 1. The first-order valence-electron chi connectivity index (χ1n) is 11.7. The molecule has 1 aliphatic carbocycles. The van der Waals surface area contributed by atoms with Gasteiger partial charge in [0.15, 0.2) is 0 Å². The molecule has 1 unspecified atom stereocenters. The molecule has 0 fully saturated rings. The molecule has 0 saturated heterocycles. The van der Waals surface area contributed by atoms with E-state index < -0.39 is 0 Å². The van der Waals surface area contributed by atoms with E-state index in [9.17, 15) is 0 Å². The van der Waals surface area contributed by atoms with Gasteiger partial charge in [-0.2, -0.15) is 0 Å². The smallest absolute Gasteiger partial charge is 0.0382 e. The number of allylic oxidation sites excluding steroid dienone is 2. The van der Waals surface area contributed by atoms with Gasteiger partial charge in [0.2, 0.25) is 0 Å². The third-order valence-electron chi connectivity index (χ3n) is 7.56. The SMILES string of the molecule is C=C(C[C@H]1C(N(C)CC)Cc2ccc(C)cc2[C@@]1(C)CC)Nc1ccc(C(=C)C)cc1. The van der Waals surface area contributed by atoms with Gasteiger partial charge in [-0.05, 0) is 86.9 Å². The Morgan fingerprint density at radius 1 is 1.13 bits per heavy atom. The van der Waals surface area contributed by atoms with E-state index in [-0.39, 0.29) is 5.41 Å². The van der Waals surface area contributed by atoms with Crippen molar-refractivity contribution >= 4 is 11.3 Å². The van der Waals surface area contributed by atoms with Crippen LogP contribution in [0.3, 0.4) is 0 Å². The molecule has 1 N–H and O–H groups in total. The normalized spacial score (nSPS) is 22.8. The molecule has 0 amide bonds. The molecule has 2 nitrogen and oxygen atoms in total. The van der Waals surface area contributed by atoms with Crippen LogP contribution in [-0.4, -0.2) is 24.5 Å². The summed E-state index contributed by atoms with van der Waals surface area (Å²) in [5, 5.41) is 3.59. The molecule has 0 aliphatic heterocycles. The Morgan fingerprint density at radius 2 is 1.81 bits per heavy atom. The minimum Gasteiger partial charge on any atom is -0.359 e. The standard InChI is InChI=1S/C29H40N2/c1-9-29(7)26-17-21(5)11-12-24(26)19-28(31(8)10-2)27(29)18-22(6)30-25-15-13-23(14-16-25)20(3)4/h11-17,27-28,30H,3,6,9-10,18-19H2,1-2,4-5,7-8H3/t27-,28?,29+/m0/s1. The van der Waals surface area contributed by atoms with Crippen LogP contribution in [0.15, 0.2) is 61.3 Å². The summed E-state index contributed by atoms with van der Waals surface area (Å²) in [6, 6.07) is 16.1. The lowest BCUT2D eigenvalue weighted by molar-refractivity contribution is 0.102. The number of anilines is 1. The van der Waals surface area contributed by atoms with Crippen LogP contribution in [0.25, 0.3) is 5.57 Å². The first-order valence-corrected chi connectivity index (χ1v) is 11.7. The average Bonchev–Trinajstić information content (AvgIpc) is 2.75. The number of nitrogens with zero attached hydrogens (tertiary/aromatic N) is 1. The highest BCUT2D eigenvalue weighted by molar-refractivity contribution is 5.64. The summed E-state index contributed by atoms with van der Waals surface area (Å²) in [5.74, 6) is 0.506. The minimum atomic E-state index is 0.127. The Kier molecular flexibility index (Phi) is 7.11. The number of hydrogen-bond donors (Lipinski definition) is 1. The van der Waals surface area contributed by atoms with Crippen molar-refractivity contribution in [1.82, 2.24) is 4.90 Å². The second-order valence-electron chi connectivity index (χ2n) is 9.67. The molecule has 0 spiro atoms. The molecule has 0 radical (unpaired) electrons. The molecule has 31 heavy (non-hydrogen) atoms. The molecule has 0 aromatic heterocycles. The summed E-state index contributed by atoms with van der Waals surface area (Å²) in [5.41, 5.74) is 9.00. The van der Waals surface area contributed by atoms with Crippen LogP contribution in [-0.2, 0) is 11.8 Å². The first-order chi connectivity index (χ1) is 14.7. The molecule has 2 aromatic rings. The zero-order chi connectivity index (χ0) is 22.8. The second kappa shape index (κ2) is 9.44. The van der Waals surface area contributed by atoms with Crippen molar-refractivity contribution in [2.24, 2.45) is 5.92 Å². The Labute approximate surface area is 190 Å². The number of fused-ring (bicyclic) bond motifs is 1. The van der Waals surface area contributed by atoms with Gasteiger partial charge in [-0.3, -0.25) is 0 Å². The Balaban J connectivity index is 1.89. The summed E-state index contributed by atoms with van der Waals surface area (Å²) < 4.78 is 0. The van der Waals surface area contributed by atoms with Crippen molar-refractivity contribution in [3.63, 3.8) is 0 Å². The van der Waals surface area contributed by atoms with E-state index in [4.69, 9.17) is 0 Å². The van der Waals surface area contributed by atoms with Crippen molar-refractivity contribution in [2.75, 3.05) is 18.9 Å². The van der Waals surface area contributed by atoms with E-state index in [0.717, 1.165) is 42.8 Å². The van der Waals surface area contributed by atoms with Gasteiger partial charge in [-0.1, -0.05) is 75.4 Å². The molecule has 2 aromatic carbocycles. The number of rotatable bonds is 8. The third-order valence-corrected chi connectivity index (χ3v) is 7.56. The molecule has 2 heteroatoms. The van der Waals surface area contributed by atoms with Crippen LogP contribution in [0.5, 0.6) is 0 Å². The maximum absolute atomic E-state index is 4.45. The van der Waals surface area contributed by atoms with E-state index in [0.29, 0.717) is 12.0 Å². The van der Waals surface area contributed by atoms with Gasteiger partial charge in [0, 0.05) is 17.4 Å². The molecular formula is C29H40N2. The number of hydrogen-bond acceptors (Lipinski definition) is 2. The molecule has 166 valence electrons. The lowest BCUT2D eigenvalue weighted by Gasteiger charge is -2.50. The third kappa shape index (κ3) is 4.80. The summed E-state index contributed by atoms with van der Waals surface area (Å²) in [6.45, 7) is 20.9. The molecular weight excluding hydrogens is 376 g/mol. The van der Waals surface area contributed by atoms with E-state index in [1.165, 1.54) is 16.7 Å². The van der Waals surface area contributed by atoms with Gasteiger partial charge >= 0.3 is 0 Å². The fraction of sp³-hybridized carbons (Fsp3) is 0.448. The minimum absolute atomic E-state index is 0.127. The van der Waals surface area contributed by atoms with E-state index in [1.54, 1.807) is 5.56 Å². The van der Waals surface area contributed by atoms with Crippen LogP contribution < -0.4 is 5.32 Å². The van der Waals surface area contributed by atoms with Gasteiger partial charge in [0.05, 0.1) is 0 Å². The second-order valence-corrected chi connectivity index (χ2v) is 9.67. The van der Waals surface area contributed by atoms with Gasteiger partial charge in [0.1, 0.15) is 0 Å². The lowest BCUT2D eigenvalue weighted by atomic mass is 9.59. The first kappa shape index (κ1) is 23.3. The fourth-order valence-electron chi connectivity index (χ4n) is 5.26. The highest BCUT2D eigenvalue weighted by Gasteiger charge is 2.45. The molecule has 0 heterocycles. The van der Waals surface area contributed by atoms with E-state index >= 15 is 0 Å². The number of nitrogens with one attached hydrogen (secondary N) is 1. The van der Waals surface area contributed by atoms with Gasteiger partial charge in [-0.25, -0.2) is 0 Å². The number of benzene rings is 2. The summed E-state index contributed by atoms with van der Waals surface area (Å²) in [4.78, 5) is 2.54. The summed E-state index contributed by atoms with van der Waals surface area (Å²) in [7, 11) is 2.28. The Morgan fingerprint density at radius 3 is 2.39 bits per heavy atom. The molecule has 3 rings (SSSR count). The molecule has 0 bridgehead atoms. The molecule has 1 aliphatic rings. The largest absolute Gasteiger partial charge is 0.359 e. The van der Waals surface area contributed by atoms with Crippen molar-refractivity contribution in [3.05, 3.63) is 83.6 Å². The van der Waals surface area contributed by atoms with Crippen molar-refractivity contribution in [2.45, 2.75) is 65.3 Å². The zero-order valence-corrected chi connectivity index (χ0v) is 20.4. The monoisotopic (exact) mass is 416 g/mol. The maximum Gasteiger partial charge on any atom is 0.0382 e. The summed E-state index contributed by atoms with van der Waals surface area (Å²) in [6.07, 6.45) is 3.21. The highest BCUT2D eigenvalue weighted by atomic mass is 15.1. The maximum atomic E-state index is 4.45. The fourth-order valence-corrected chi connectivity index (χ4v) is 5.26. The highest BCUT2D eigenvalue weighted by Crippen LogP contribution is 2.48. The van der Waals surface area contributed by atoms with E-state index in [2.05, 4.69) is 101 Å². The van der Waals surface area contributed by atoms with Crippen molar-refractivity contribution in [3.8, 4) is 0 Å². The van der Waals surface area contributed by atoms with Gasteiger partial charge in [-0.15, -0.1) is 0 Å². The predicted octanol–water partition coefficient (Wildman–Crippen LogP) is 7.20. The van der Waals surface area contributed by atoms with Gasteiger partial charge in [0.25, 0.3) is 0 Å². The quantitative estimate of drug-likeness (QED) is 0.489.